The molecule has 0 amide bonds. The number of carbonyl (C=O) groups is 2. The van der Waals surface area contributed by atoms with E-state index in [1.807, 2.05) is 32.0 Å². The molecule has 1 aromatic carbocycles. The van der Waals surface area contributed by atoms with Crippen LogP contribution in [0.5, 0.6) is 0 Å². The highest BCUT2D eigenvalue weighted by Gasteiger charge is 2.45. The summed E-state index contributed by atoms with van der Waals surface area (Å²) in [5.41, 5.74) is 3.70. The molecule has 6 heteroatoms. The molecule has 2 bridgehead atoms. The number of hydrogen-bond donors (Lipinski definition) is 0. The summed E-state index contributed by atoms with van der Waals surface area (Å²) >= 11 is 3.63. The summed E-state index contributed by atoms with van der Waals surface area (Å²) in [6.07, 6.45) is 0.0231. The number of ketones is 1. The van der Waals surface area contributed by atoms with Gasteiger partial charge < -0.3 is 14.4 Å². The Hall–Kier alpha value is -1.66. The van der Waals surface area contributed by atoms with Gasteiger partial charge in [-0.05, 0) is 54.4 Å². The predicted octanol–water partition coefficient (Wildman–Crippen LogP) is 3.73. The first-order valence-corrected chi connectivity index (χ1v) is 9.14. The number of hydrogen-bond acceptors (Lipinski definition) is 5. The van der Waals surface area contributed by atoms with E-state index in [0.717, 1.165) is 27.0 Å². The second-order valence-electron chi connectivity index (χ2n) is 6.66. The van der Waals surface area contributed by atoms with E-state index in [-0.39, 0.29) is 23.9 Å². The summed E-state index contributed by atoms with van der Waals surface area (Å²) in [5, 5.41) is 0. The molecule has 25 heavy (non-hydrogen) atoms. The Labute approximate surface area is 156 Å². The van der Waals surface area contributed by atoms with Crippen LogP contribution in [0, 0.1) is 12.8 Å². The van der Waals surface area contributed by atoms with Crippen molar-refractivity contribution in [2.75, 3.05) is 11.5 Å². The highest BCUT2D eigenvalue weighted by molar-refractivity contribution is 9.10. The quantitative estimate of drug-likeness (QED) is 0.714. The number of rotatable bonds is 3. The second-order valence-corrected chi connectivity index (χ2v) is 7.51. The Kier molecular flexibility index (Phi) is 5.02. The van der Waals surface area contributed by atoms with Crippen molar-refractivity contribution in [3.8, 4) is 0 Å². The first-order valence-electron chi connectivity index (χ1n) is 8.35. The van der Waals surface area contributed by atoms with Crippen LogP contribution in [-0.2, 0) is 19.1 Å². The summed E-state index contributed by atoms with van der Waals surface area (Å²) < 4.78 is 12.4. The number of carbonyl (C=O) groups excluding carboxylic acids is 2. The summed E-state index contributed by atoms with van der Waals surface area (Å²) in [6, 6.07) is 6.12. The molecular weight excluding hydrogens is 386 g/mol. The molecule has 0 aromatic heterocycles. The van der Waals surface area contributed by atoms with Crippen LogP contribution in [0.1, 0.15) is 32.8 Å². The van der Waals surface area contributed by atoms with E-state index in [1.54, 1.807) is 6.92 Å². The third-order valence-corrected chi connectivity index (χ3v) is 5.46. The van der Waals surface area contributed by atoms with Crippen LogP contribution >= 0.6 is 15.9 Å². The molecule has 0 aliphatic carbocycles. The Morgan fingerprint density at radius 1 is 1.28 bits per heavy atom. The van der Waals surface area contributed by atoms with E-state index >= 15 is 0 Å². The number of nitrogens with zero attached hydrogens (tertiary/aromatic N) is 1. The Bertz CT molecular complexity index is 758. The first-order chi connectivity index (χ1) is 11.8. The highest BCUT2D eigenvalue weighted by atomic mass is 79.9. The van der Waals surface area contributed by atoms with Gasteiger partial charge in [0.05, 0.1) is 12.3 Å². The monoisotopic (exact) mass is 407 g/mol. The van der Waals surface area contributed by atoms with Gasteiger partial charge in [-0.2, -0.15) is 0 Å². The van der Waals surface area contributed by atoms with Crippen molar-refractivity contribution in [2.45, 2.75) is 46.4 Å². The number of benzene rings is 1. The van der Waals surface area contributed by atoms with E-state index in [1.165, 1.54) is 6.92 Å². The molecule has 1 saturated heterocycles. The molecule has 2 heterocycles. The molecule has 1 fully saturated rings. The van der Waals surface area contributed by atoms with Crippen molar-refractivity contribution in [2.24, 2.45) is 5.92 Å². The number of fused-ring (bicyclic) bond motifs is 2. The lowest BCUT2D eigenvalue weighted by molar-refractivity contribution is -0.162. The summed E-state index contributed by atoms with van der Waals surface area (Å²) in [7, 11) is 0. The van der Waals surface area contributed by atoms with E-state index < -0.39 is 6.10 Å². The number of allylic oxidation sites excluding steroid dienone is 1. The van der Waals surface area contributed by atoms with Crippen LogP contribution in [-0.4, -0.2) is 30.7 Å². The molecule has 1 aromatic rings. The molecule has 0 N–H and O–H groups in total. The number of Topliss-reactive ketones (excluding diaryl/α,β-unsaturated/α-hetero) is 1. The zero-order valence-corrected chi connectivity index (χ0v) is 16.4. The van der Waals surface area contributed by atoms with Gasteiger partial charge in [0.1, 0.15) is 12.3 Å². The second kappa shape index (κ2) is 6.92. The van der Waals surface area contributed by atoms with Crippen LogP contribution in [0.25, 0.3) is 0 Å². The van der Waals surface area contributed by atoms with Gasteiger partial charge in [0.2, 0.25) is 0 Å². The van der Waals surface area contributed by atoms with Crippen molar-refractivity contribution in [1.82, 2.24) is 0 Å². The third kappa shape index (κ3) is 3.37. The average molecular weight is 408 g/mol. The van der Waals surface area contributed by atoms with Crippen molar-refractivity contribution in [3.05, 3.63) is 39.5 Å². The van der Waals surface area contributed by atoms with Gasteiger partial charge in [-0.25, -0.2) is 0 Å². The lowest BCUT2D eigenvalue weighted by Gasteiger charge is -2.47. The first kappa shape index (κ1) is 18.1. The fraction of sp³-hybridized carbons (Fsp3) is 0.474. The zero-order chi connectivity index (χ0) is 18.3. The van der Waals surface area contributed by atoms with Gasteiger partial charge in [-0.15, -0.1) is 0 Å². The maximum atomic E-state index is 12.4. The molecule has 3 atom stereocenters. The van der Waals surface area contributed by atoms with E-state index in [4.69, 9.17) is 9.47 Å². The van der Waals surface area contributed by atoms with Crippen LogP contribution in [0.3, 0.4) is 0 Å². The summed E-state index contributed by atoms with van der Waals surface area (Å²) in [5.74, 6) is -0.467. The maximum Gasteiger partial charge on any atom is 0.303 e. The molecule has 0 spiro atoms. The van der Waals surface area contributed by atoms with Crippen LogP contribution in [0.4, 0.5) is 5.69 Å². The number of anilines is 1. The Balaban J connectivity index is 2.07. The van der Waals surface area contributed by atoms with E-state index in [9.17, 15) is 9.59 Å². The summed E-state index contributed by atoms with van der Waals surface area (Å²) in [4.78, 5) is 25.8. The van der Waals surface area contributed by atoms with Crippen LogP contribution in [0.2, 0.25) is 0 Å². The van der Waals surface area contributed by atoms with Gasteiger partial charge in [-0.3, -0.25) is 9.59 Å². The molecule has 134 valence electrons. The van der Waals surface area contributed by atoms with Crippen LogP contribution in [0.15, 0.2) is 33.9 Å². The number of halogens is 1. The molecular formula is C19H22BrNO4. The third-order valence-electron chi connectivity index (χ3n) is 4.83. The normalized spacial score (nSPS) is 25.8. The summed E-state index contributed by atoms with van der Waals surface area (Å²) in [6.45, 7) is 7.21. The van der Waals surface area contributed by atoms with Gasteiger partial charge in [-0.1, -0.05) is 6.07 Å². The van der Waals surface area contributed by atoms with Crippen molar-refractivity contribution in [3.63, 3.8) is 0 Å². The molecule has 2 aliphatic rings. The lowest BCUT2D eigenvalue weighted by Crippen LogP contribution is -2.53. The average Bonchev–Trinajstić information content (AvgIpc) is 2.51. The number of esters is 1. The Morgan fingerprint density at radius 2 is 2.00 bits per heavy atom. The SMILES string of the molecule is CC(=O)O[C@@H]1CO[C@H]2C[C@@H]1C(C(C)=O)=C(C)N2c1ccc(C)cc1Br. The fourth-order valence-electron chi connectivity index (χ4n) is 3.85. The van der Waals surface area contributed by atoms with E-state index in [2.05, 4.69) is 20.8 Å². The smallest absolute Gasteiger partial charge is 0.303 e. The standard InChI is InChI=1S/C19H22BrNO4/c1-10-5-6-16(15(20)7-10)21-11(2)19(12(3)22)14-8-18(21)24-9-17(14)25-13(4)23/h5-7,14,17-18H,8-9H2,1-4H3/t14-,17+,18-/m0/s1. The van der Waals surface area contributed by atoms with Gasteiger partial charge in [0, 0.05) is 35.0 Å². The zero-order valence-electron chi connectivity index (χ0n) is 14.8. The molecule has 2 aliphatic heterocycles. The Morgan fingerprint density at radius 3 is 2.60 bits per heavy atom. The maximum absolute atomic E-state index is 12.4. The minimum Gasteiger partial charge on any atom is -0.459 e. The van der Waals surface area contributed by atoms with Gasteiger partial charge in [0.15, 0.2) is 5.78 Å². The molecule has 5 nitrogen and oxygen atoms in total. The van der Waals surface area contributed by atoms with Crippen molar-refractivity contribution < 1.29 is 19.1 Å². The van der Waals surface area contributed by atoms with Crippen molar-refractivity contribution >= 4 is 33.4 Å². The van der Waals surface area contributed by atoms with E-state index in [0.29, 0.717) is 13.0 Å². The lowest BCUT2D eigenvalue weighted by atomic mass is 9.81. The molecule has 3 rings (SSSR count). The minimum atomic E-state index is -0.411. The predicted molar refractivity (Wildman–Crippen MR) is 98.1 cm³/mol. The molecule has 0 radical (unpaired) electrons. The minimum absolute atomic E-state index is 0.00763. The van der Waals surface area contributed by atoms with Crippen molar-refractivity contribution in [1.29, 1.82) is 0 Å². The van der Waals surface area contributed by atoms with Crippen LogP contribution < -0.4 is 4.90 Å². The molecule has 0 saturated carbocycles. The molecule has 0 unspecified atom stereocenters. The largest absolute Gasteiger partial charge is 0.459 e. The highest BCUT2D eigenvalue weighted by Crippen LogP contribution is 2.43. The van der Waals surface area contributed by atoms with Gasteiger partial charge in [0.25, 0.3) is 0 Å². The number of ether oxygens (including phenoxy) is 2. The number of aryl methyl sites for hydroxylation is 1. The topological polar surface area (TPSA) is 55.8 Å². The van der Waals surface area contributed by atoms with Gasteiger partial charge >= 0.3 is 5.97 Å². The fourth-order valence-corrected chi connectivity index (χ4v) is 4.53.